The van der Waals surface area contributed by atoms with Crippen LogP contribution in [-0.4, -0.2) is 15.0 Å². The van der Waals surface area contributed by atoms with Gasteiger partial charge in [0.25, 0.3) is 0 Å². The fourth-order valence-corrected chi connectivity index (χ4v) is 8.04. The Morgan fingerprint density at radius 3 is 1.64 bits per heavy atom. The smallest absolute Gasteiger partial charge is 0.164 e. The van der Waals surface area contributed by atoms with Crippen molar-refractivity contribution in [2.45, 2.75) is 5.41 Å². The highest BCUT2D eigenvalue weighted by Crippen LogP contribution is 2.57. The summed E-state index contributed by atoms with van der Waals surface area (Å²) in [6.07, 6.45) is 0. The van der Waals surface area contributed by atoms with Crippen molar-refractivity contribution in [3.05, 3.63) is 222 Å². The minimum atomic E-state index is -0.669. The van der Waals surface area contributed by atoms with Crippen molar-refractivity contribution in [3.63, 3.8) is 0 Å². The topological polar surface area (TPSA) is 71.7 Å². The van der Waals surface area contributed by atoms with Gasteiger partial charge >= 0.3 is 0 Å². The van der Waals surface area contributed by atoms with E-state index >= 15 is 0 Å². The van der Waals surface area contributed by atoms with Crippen molar-refractivity contribution in [3.8, 4) is 62.9 Å². The number of aromatic nitrogens is 3. The number of hydrogen-bond acceptors (Lipinski definition) is 5. The van der Waals surface area contributed by atoms with Crippen LogP contribution in [0.1, 0.15) is 27.8 Å². The number of fused-ring (bicyclic) bond motifs is 4. The SMILES string of the molecule is N#Cc1ccc(-c2nc(-c3ccccc3)nc(-c3cccc(-c4ccc5c(c4)C(c4ccccc4)(c4ccccc4)c4ccc6ccccc6c4O5)c3)n2)cc1. The van der Waals surface area contributed by atoms with Gasteiger partial charge in [-0.05, 0) is 70.1 Å². The zero-order valence-electron chi connectivity index (χ0n) is 30.2. The standard InChI is InChI=1S/C51H32N4O/c52-33-34-23-25-37(26-24-34)49-53-48(36-14-4-1-5-15-36)54-50(55-49)40-17-12-16-38(31-40)39-28-30-46-45(32-39)51(41-18-6-2-7-19-41,42-20-8-3-9-21-42)44-29-27-35-13-10-11-22-43(35)47(44)56-46/h1-32H. The van der Waals surface area contributed by atoms with Gasteiger partial charge in [-0.25, -0.2) is 15.0 Å². The lowest BCUT2D eigenvalue weighted by Gasteiger charge is -2.42. The third-order valence-corrected chi connectivity index (χ3v) is 10.7. The number of benzene rings is 8. The zero-order chi connectivity index (χ0) is 37.5. The maximum atomic E-state index is 9.40. The normalized spacial score (nSPS) is 12.6. The second-order valence-electron chi connectivity index (χ2n) is 13.9. The van der Waals surface area contributed by atoms with Crippen molar-refractivity contribution in [1.29, 1.82) is 5.26 Å². The molecule has 0 bridgehead atoms. The molecule has 0 spiro atoms. The van der Waals surface area contributed by atoms with Crippen LogP contribution in [0.4, 0.5) is 0 Å². The predicted molar refractivity (Wildman–Crippen MR) is 222 cm³/mol. The first-order valence-corrected chi connectivity index (χ1v) is 18.6. The minimum Gasteiger partial charge on any atom is -0.456 e. The molecule has 56 heavy (non-hydrogen) atoms. The van der Waals surface area contributed by atoms with E-state index in [0.717, 1.165) is 72.3 Å². The Balaban J connectivity index is 1.16. The molecule has 1 aromatic heterocycles. The number of rotatable bonds is 6. The molecule has 0 N–H and O–H groups in total. The summed E-state index contributed by atoms with van der Waals surface area (Å²) in [6, 6.07) is 68.8. The molecule has 2 heterocycles. The van der Waals surface area contributed by atoms with Gasteiger partial charge in [-0.15, -0.1) is 0 Å². The monoisotopic (exact) mass is 716 g/mol. The highest BCUT2D eigenvalue weighted by Gasteiger charge is 2.46. The van der Waals surface area contributed by atoms with Gasteiger partial charge in [0.1, 0.15) is 11.5 Å². The van der Waals surface area contributed by atoms with Crippen LogP contribution in [0.2, 0.25) is 0 Å². The Kier molecular flexibility index (Phi) is 8.01. The molecular formula is C51H32N4O. The summed E-state index contributed by atoms with van der Waals surface area (Å²) in [5.74, 6) is 3.37. The molecule has 0 amide bonds. The van der Waals surface area contributed by atoms with Crippen molar-refractivity contribution in [2.24, 2.45) is 0 Å². The summed E-state index contributed by atoms with van der Waals surface area (Å²) in [5, 5.41) is 11.6. The van der Waals surface area contributed by atoms with Gasteiger partial charge in [-0.1, -0.05) is 152 Å². The molecule has 9 aromatic rings. The average Bonchev–Trinajstić information content (AvgIpc) is 3.29. The van der Waals surface area contributed by atoms with Gasteiger partial charge in [0.2, 0.25) is 0 Å². The first-order valence-electron chi connectivity index (χ1n) is 18.6. The van der Waals surface area contributed by atoms with Crippen molar-refractivity contribution < 1.29 is 4.74 Å². The summed E-state index contributed by atoms with van der Waals surface area (Å²) >= 11 is 0. The predicted octanol–water partition coefficient (Wildman–Crippen LogP) is 12.1. The molecule has 10 rings (SSSR count). The molecule has 0 atom stereocenters. The van der Waals surface area contributed by atoms with Gasteiger partial charge in [0.05, 0.1) is 17.0 Å². The van der Waals surface area contributed by atoms with E-state index in [0.29, 0.717) is 23.0 Å². The van der Waals surface area contributed by atoms with E-state index < -0.39 is 5.41 Å². The molecule has 1 aliphatic heterocycles. The molecule has 0 aliphatic carbocycles. The van der Waals surface area contributed by atoms with Crippen LogP contribution in [0.15, 0.2) is 194 Å². The van der Waals surface area contributed by atoms with Crippen LogP contribution in [0, 0.1) is 11.3 Å². The Morgan fingerprint density at radius 2 is 0.964 bits per heavy atom. The first-order chi connectivity index (χ1) is 27.7. The Labute approximate surface area is 324 Å². The average molecular weight is 717 g/mol. The van der Waals surface area contributed by atoms with Crippen LogP contribution in [0.25, 0.3) is 56.1 Å². The van der Waals surface area contributed by atoms with E-state index in [1.54, 1.807) is 12.1 Å². The van der Waals surface area contributed by atoms with Crippen LogP contribution in [0.3, 0.4) is 0 Å². The second-order valence-corrected chi connectivity index (χ2v) is 13.9. The maximum absolute atomic E-state index is 9.40. The largest absolute Gasteiger partial charge is 0.456 e. The molecule has 5 nitrogen and oxygen atoms in total. The maximum Gasteiger partial charge on any atom is 0.164 e. The van der Waals surface area contributed by atoms with E-state index in [1.165, 1.54) is 0 Å². The lowest BCUT2D eigenvalue weighted by molar-refractivity contribution is 0.440. The van der Waals surface area contributed by atoms with E-state index in [-0.39, 0.29) is 0 Å². The summed E-state index contributed by atoms with van der Waals surface area (Å²) in [7, 11) is 0. The highest BCUT2D eigenvalue weighted by molar-refractivity contribution is 5.93. The van der Waals surface area contributed by atoms with Gasteiger partial charge in [-0.2, -0.15) is 5.26 Å². The minimum absolute atomic E-state index is 0.538. The molecule has 5 heteroatoms. The number of ether oxygens (including phenoxy) is 1. The van der Waals surface area contributed by atoms with Crippen LogP contribution in [-0.2, 0) is 5.41 Å². The van der Waals surface area contributed by atoms with Crippen molar-refractivity contribution in [1.82, 2.24) is 15.0 Å². The summed E-state index contributed by atoms with van der Waals surface area (Å²) in [4.78, 5) is 14.9. The van der Waals surface area contributed by atoms with Gasteiger partial charge in [0.15, 0.2) is 17.5 Å². The van der Waals surface area contributed by atoms with Crippen molar-refractivity contribution >= 4 is 10.8 Å². The molecule has 0 radical (unpaired) electrons. The molecule has 1 aliphatic rings. The summed E-state index contributed by atoms with van der Waals surface area (Å²) in [6.45, 7) is 0. The van der Waals surface area contributed by atoms with Crippen molar-refractivity contribution in [2.75, 3.05) is 0 Å². The third kappa shape index (κ3) is 5.52. The Morgan fingerprint density at radius 1 is 0.429 bits per heavy atom. The van der Waals surface area contributed by atoms with Crippen LogP contribution >= 0.6 is 0 Å². The fourth-order valence-electron chi connectivity index (χ4n) is 8.04. The van der Waals surface area contributed by atoms with E-state index in [1.807, 2.05) is 48.5 Å². The molecule has 0 saturated heterocycles. The Hall–Kier alpha value is -7.68. The first kappa shape index (κ1) is 32.9. The van der Waals surface area contributed by atoms with Gasteiger partial charge < -0.3 is 4.74 Å². The molecule has 262 valence electrons. The molecule has 0 fully saturated rings. The third-order valence-electron chi connectivity index (χ3n) is 10.7. The quantitative estimate of drug-likeness (QED) is 0.171. The number of nitriles is 1. The van der Waals surface area contributed by atoms with E-state index in [9.17, 15) is 5.26 Å². The molecule has 0 saturated carbocycles. The Bertz CT molecular complexity index is 2900. The summed E-state index contributed by atoms with van der Waals surface area (Å²) < 4.78 is 6.95. The lowest BCUT2D eigenvalue weighted by Crippen LogP contribution is -2.34. The fraction of sp³-hybridized carbons (Fsp3) is 0.0196. The second kappa shape index (κ2) is 13.6. The zero-order valence-corrected chi connectivity index (χ0v) is 30.2. The number of hydrogen-bond donors (Lipinski definition) is 0. The number of nitrogens with zero attached hydrogens (tertiary/aromatic N) is 4. The highest BCUT2D eigenvalue weighted by atomic mass is 16.5. The van der Waals surface area contributed by atoms with Gasteiger partial charge in [0, 0.05) is 33.2 Å². The molecular weight excluding hydrogens is 685 g/mol. The van der Waals surface area contributed by atoms with Gasteiger partial charge in [-0.3, -0.25) is 0 Å². The van der Waals surface area contributed by atoms with E-state index in [2.05, 4.69) is 140 Å². The summed E-state index contributed by atoms with van der Waals surface area (Å²) in [5.41, 5.74) is 9.01. The van der Waals surface area contributed by atoms with Crippen LogP contribution < -0.4 is 4.74 Å². The lowest BCUT2D eigenvalue weighted by atomic mass is 9.63. The van der Waals surface area contributed by atoms with E-state index in [4.69, 9.17) is 19.7 Å². The molecule has 8 aromatic carbocycles. The molecule has 0 unspecified atom stereocenters. The van der Waals surface area contributed by atoms with Crippen LogP contribution in [0.5, 0.6) is 11.5 Å².